The monoisotopic (exact) mass is 192 g/mol. The quantitative estimate of drug-likeness (QED) is 0.652. The lowest BCUT2D eigenvalue weighted by molar-refractivity contribution is 0.646. The van der Waals surface area contributed by atoms with Crippen LogP contribution < -0.4 is 11.1 Å². The lowest BCUT2D eigenvalue weighted by Gasteiger charge is -2.10. The highest BCUT2D eigenvalue weighted by Gasteiger charge is 2.20. The standard InChI is InChI=1S/C10H12N2S/c11-10(13)12-9-5-7-3-1-2-4-8(7)6-9/h1-4,9H,5-6H2,(H3,11,12,13). The maximum absolute atomic E-state index is 5.43. The average Bonchev–Trinajstić information content (AvgIpc) is 2.44. The summed E-state index contributed by atoms with van der Waals surface area (Å²) < 4.78 is 0. The Balaban J connectivity index is 2.09. The number of nitrogens with two attached hydrogens (primary N) is 1. The van der Waals surface area contributed by atoms with Gasteiger partial charge < -0.3 is 11.1 Å². The van der Waals surface area contributed by atoms with Gasteiger partial charge in [-0.1, -0.05) is 24.3 Å². The van der Waals surface area contributed by atoms with E-state index in [0.717, 1.165) is 12.8 Å². The molecule has 2 nitrogen and oxygen atoms in total. The third-order valence-electron chi connectivity index (χ3n) is 2.40. The molecule has 1 aromatic rings. The van der Waals surface area contributed by atoms with Crippen molar-refractivity contribution in [3.63, 3.8) is 0 Å². The Bertz CT molecular complexity index is 310. The maximum Gasteiger partial charge on any atom is 0.163 e. The van der Waals surface area contributed by atoms with Crippen LogP contribution in [0.1, 0.15) is 11.1 Å². The van der Waals surface area contributed by atoms with Crippen LogP contribution in [0.3, 0.4) is 0 Å². The highest BCUT2D eigenvalue weighted by molar-refractivity contribution is 7.80. The molecule has 0 saturated heterocycles. The third-order valence-corrected chi connectivity index (χ3v) is 2.52. The van der Waals surface area contributed by atoms with E-state index in [-0.39, 0.29) is 0 Å². The molecule has 0 heterocycles. The zero-order valence-corrected chi connectivity index (χ0v) is 8.10. The minimum absolute atomic E-state index is 0.398. The van der Waals surface area contributed by atoms with Crippen LogP contribution in [0.4, 0.5) is 0 Å². The van der Waals surface area contributed by atoms with Gasteiger partial charge in [-0.2, -0.15) is 0 Å². The number of fused-ring (bicyclic) bond motifs is 1. The van der Waals surface area contributed by atoms with Crippen molar-refractivity contribution in [1.29, 1.82) is 0 Å². The van der Waals surface area contributed by atoms with Crippen molar-refractivity contribution in [3.05, 3.63) is 35.4 Å². The van der Waals surface area contributed by atoms with Gasteiger partial charge in [-0.25, -0.2) is 0 Å². The first-order valence-corrected chi connectivity index (χ1v) is 4.79. The van der Waals surface area contributed by atoms with Gasteiger partial charge in [0.1, 0.15) is 0 Å². The highest BCUT2D eigenvalue weighted by Crippen LogP contribution is 2.21. The molecule has 0 aliphatic heterocycles. The predicted octanol–water partition coefficient (Wildman–Crippen LogP) is 0.987. The summed E-state index contributed by atoms with van der Waals surface area (Å²) >= 11 is 4.81. The summed E-state index contributed by atoms with van der Waals surface area (Å²) in [6.07, 6.45) is 2.07. The minimum Gasteiger partial charge on any atom is -0.376 e. The number of hydrogen-bond acceptors (Lipinski definition) is 1. The molecule has 1 aliphatic rings. The average molecular weight is 192 g/mol. The van der Waals surface area contributed by atoms with Crippen molar-refractivity contribution in [2.24, 2.45) is 5.73 Å². The number of nitrogens with one attached hydrogen (secondary N) is 1. The van der Waals surface area contributed by atoms with Crippen LogP contribution in [0.5, 0.6) is 0 Å². The van der Waals surface area contributed by atoms with E-state index >= 15 is 0 Å². The van der Waals surface area contributed by atoms with Gasteiger partial charge in [0.05, 0.1) is 0 Å². The molecule has 13 heavy (non-hydrogen) atoms. The van der Waals surface area contributed by atoms with Crippen LogP contribution in [0.2, 0.25) is 0 Å². The summed E-state index contributed by atoms with van der Waals surface area (Å²) in [5.41, 5.74) is 8.25. The number of hydrogen-bond donors (Lipinski definition) is 2. The van der Waals surface area contributed by atoms with Crippen LogP contribution in [-0.2, 0) is 12.8 Å². The van der Waals surface area contributed by atoms with Crippen LogP contribution in [-0.4, -0.2) is 11.2 Å². The zero-order valence-electron chi connectivity index (χ0n) is 7.29. The van der Waals surface area contributed by atoms with E-state index in [1.807, 2.05) is 0 Å². The van der Waals surface area contributed by atoms with E-state index < -0.39 is 0 Å². The molecule has 0 spiro atoms. The fourth-order valence-corrected chi connectivity index (χ4v) is 2.03. The van der Waals surface area contributed by atoms with Gasteiger partial charge in [0.2, 0.25) is 0 Å². The number of benzene rings is 1. The van der Waals surface area contributed by atoms with Crippen molar-refractivity contribution < 1.29 is 0 Å². The fourth-order valence-electron chi connectivity index (χ4n) is 1.86. The lowest BCUT2D eigenvalue weighted by atomic mass is 10.1. The van der Waals surface area contributed by atoms with E-state index in [4.69, 9.17) is 18.0 Å². The summed E-state index contributed by atoms with van der Waals surface area (Å²) in [5.74, 6) is 0. The molecule has 0 aromatic heterocycles. The minimum atomic E-state index is 0.398. The molecule has 3 N–H and O–H groups in total. The molecule has 0 bridgehead atoms. The van der Waals surface area contributed by atoms with Gasteiger partial charge in [0.15, 0.2) is 5.11 Å². The van der Waals surface area contributed by atoms with E-state index in [0.29, 0.717) is 11.2 Å². The van der Waals surface area contributed by atoms with E-state index in [1.54, 1.807) is 0 Å². The summed E-state index contributed by atoms with van der Waals surface area (Å²) in [4.78, 5) is 0. The Kier molecular flexibility index (Phi) is 2.19. The molecule has 0 atom stereocenters. The molecule has 1 aliphatic carbocycles. The van der Waals surface area contributed by atoms with Gasteiger partial charge in [-0.05, 0) is 36.2 Å². The Hall–Kier alpha value is -1.09. The lowest BCUT2D eigenvalue weighted by Crippen LogP contribution is -2.38. The van der Waals surface area contributed by atoms with Crippen molar-refractivity contribution >= 4 is 17.3 Å². The second-order valence-corrected chi connectivity index (χ2v) is 3.82. The normalized spacial score (nSPS) is 15.4. The largest absolute Gasteiger partial charge is 0.376 e. The summed E-state index contributed by atoms with van der Waals surface area (Å²) in [5, 5.41) is 3.50. The summed E-state index contributed by atoms with van der Waals surface area (Å²) in [6, 6.07) is 8.87. The maximum atomic E-state index is 5.43. The number of thiocarbonyl (C=S) groups is 1. The Morgan fingerprint density at radius 1 is 1.31 bits per heavy atom. The predicted molar refractivity (Wildman–Crippen MR) is 57.6 cm³/mol. The molecule has 0 unspecified atom stereocenters. The Morgan fingerprint density at radius 3 is 2.31 bits per heavy atom. The molecule has 0 fully saturated rings. The summed E-state index contributed by atoms with van der Waals surface area (Å²) in [7, 11) is 0. The van der Waals surface area contributed by atoms with E-state index in [1.165, 1.54) is 11.1 Å². The van der Waals surface area contributed by atoms with Crippen LogP contribution in [0, 0.1) is 0 Å². The van der Waals surface area contributed by atoms with E-state index in [9.17, 15) is 0 Å². The molecule has 3 heteroatoms. The Morgan fingerprint density at radius 2 is 1.85 bits per heavy atom. The van der Waals surface area contributed by atoms with Gasteiger partial charge in [0.25, 0.3) is 0 Å². The second-order valence-electron chi connectivity index (χ2n) is 3.38. The topological polar surface area (TPSA) is 38.0 Å². The van der Waals surface area contributed by atoms with Crippen molar-refractivity contribution in [2.45, 2.75) is 18.9 Å². The first-order valence-electron chi connectivity index (χ1n) is 4.38. The van der Waals surface area contributed by atoms with Crippen LogP contribution >= 0.6 is 12.2 Å². The fraction of sp³-hybridized carbons (Fsp3) is 0.300. The first kappa shape index (κ1) is 8.51. The smallest absolute Gasteiger partial charge is 0.163 e. The molecule has 0 radical (unpaired) electrons. The van der Waals surface area contributed by atoms with Crippen LogP contribution in [0.15, 0.2) is 24.3 Å². The molecule has 68 valence electrons. The number of rotatable bonds is 1. The first-order chi connectivity index (χ1) is 6.25. The van der Waals surface area contributed by atoms with Gasteiger partial charge in [0, 0.05) is 6.04 Å². The third kappa shape index (κ3) is 1.80. The molecule has 1 aromatic carbocycles. The zero-order chi connectivity index (χ0) is 9.26. The molecular formula is C10H12N2S. The van der Waals surface area contributed by atoms with Gasteiger partial charge in [-0.3, -0.25) is 0 Å². The summed E-state index contributed by atoms with van der Waals surface area (Å²) in [6.45, 7) is 0. The Labute approximate surface area is 83.1 Å². The van der Waals surface area contributed by atoms with E-state index in [2.05, 4.69) is 29.6 Å². The van der Waals surface area contributed by atoms with Crippen molar-refractivity contribution in [2.75, 3.05) is 0 Å². The molecule has 2 rings (SSSR count). The highest BCUT2D eigenvalue weighted by atomic mass is 32.1. The molecular weight excluding hydrogens is 180 g/mol. The SMILES string of the molecule is NC(=S)NC1Cc2ccccc2C1. The van der Waals surface area contributed by atoms with Crippen molar-refractivity contribution in [1.82, 2.24) is 5.32 Å². The second kappa shape index (κ2) is 3.34. The molecule has 0 saturated carbocycles. The van der Waals surface area contributed by atoms with Crippen molar-refractivity contribution in [3.8, 4) is 0 Å². The van der Waals surface area contributed by atoms with Gasteiger partial charge >= 0.3 is 0 Å². The van der Waals surface area contributed by atoms with Crippen LogP contribution in [0.25, 0.3) is 0 Å². The molecule has 0 amide bonds. The van der Waals surface area contributed by atoms with Gasteiger partial charge in [-0.15, -0.1) is 0 Å².